The van der Waals surface area contributed by atoms with Gasteiger partial charge in [0.2, 0.25) is 17.7 Å². The van der Waals surface area contributed by atoms with Gasteiger partial charge in [-0.1, -0.05) is 19.3 Å². The van der Waals surface area contributed by atoms with Gasteiger partial charge in [0.25, 0.3) is 0 Å². The lowest BCUT2D eigenvalue weighted by Crippen LogP contribution is -2.58. The summed E-state index contributed by atoms with van der Waals surface area (Å²) in [4.78, 5) is 89.8. The van der Waals surface area contributed by atoms with Crippen LogP contribution in [0.15, 0.2) is 0 Å². The maximum absolute atomic E-state index is 12.9. The number of alkyl carbamates (subject to hydrolysis) is 1. The van der Waals surface area contributed by atoms with E-state index in [-0.39, 0.29) is 75.3 Å². The number of nitrogens with one attached hydrogen (secondary N) is 4. The number of carboxylic acid groups (broad SMARTS) is 3. The number of halogens is 1. The van der Waals surface area contributed by atoms with E-state index >= 15 is 0 Å². The molecule has 420 valence electrons. The highest BCUT2D eigenvalue weighted by Crippen LogP contribution is 2.52. The smallest absolute Gasteiger partial charge is 0.451 e. The van der Waals surface area contributed by atoms with Gasteiger partial charge in [0.15, 0.2) is 0 Å². The molecule has 0 saturated carbocycles. The number of nitrogens with two attached hydrogens (primary N) is 2. The van der Waals surface area contributed by atoms with Crippen molar-refractivity contribution in [2.45, 2.75) is 159 Å². The molecule has 17 N–H and O–H groups in total. The molecule has 0 spiro atoms. The zero-order valence-corrected chi connectivity index (χ0v) is 44.3. The summed E-state index contributed by atoms with van der Waals surface area (Å²) in [7, 11) is -4.24. The predicted molar refractivity (Wildman–Crippen MR) is 272 cm³/mol. The number of nitrogens with zero attached hydrogens (tertiary/aromatic N) is 3. The summed E-state index contributed by atoms with van der Waals surface area (Å²) in [5, 5.41) is 95.4. The minimum atomic E-state index is -1.45. The first-order valence-electron chi connectivity index (χ1n) is 25.2. The molecule has 0 aromatic heterocycles. The summed E-state index contributed by atoms with van der Waals surface area (Å²) in [5.74, 6) is -3.84. The molecule has 30 heteroatoms. The summed E-state index contributed by atoms with van der Waals surface area (Å²) in [5.41, 5.74) is 5.10. The molecule has 26 nitrogen and oxygen atoms in total. The summed E-state index contributed by atoms with van der Waals surface area (Å²) < 4.78 is 5.17. The zero-order chi connectivity index (χ0) is 55.1. The van der Waals surface area contributed by atoms with Gasteiger partial charge < -0.3 is 81.7 Å². The van der Waals surface area contributed by atoms with Gasteiger partial charge in [0.05, 0.1) is 31.7 Å². The van der Waals surface area contributed by atoms with Crippen LogP contribution < -0.4 is 32.7 Å². The van der Waals surface area contributed by atoms with Crippen LogP contribution in [-0.4, -0.2) is 222 Å². The Balaban J connectivity index is 0.000000295. The van der Waals surface area contributed by atoms with Crippen LogP contribution in [0.3, 0.4) is 0 Å². The van der Waals surface area contributed by atoms with Crippen LogP contribution in [0, 0.1) is 16.2 Å². The summed E-state index contributed by atoms with van der Waals surface area (Å²) in [6.45, 7) is 12.6. The van der Waals surface area contributed by atoms with Crippen LogP contribution >= 0.6 is 12.4 Å². The Kier molecular flexibility index (Phi) is 22.2. The third-order valence-electron chi connectivity index (χ3n) is 15.8. The Labute approximate surface area is 439 Å². The fourth-order valence-electron chi connectivity index (χ4n) is 12.3. The molecule has 6 fully saturated rings. The third-order valence-corrected chi connectivity index (χ3v) is 15.8. The van der Waals surface area contributed by atoms with E-state index in [2.05, 4.69) is 21.3 Å². The van der Waals surface area contributed by atoms with E-state index in [0.717, 1.165) is 0 Å². The topological polar surface area (TPSA) is 421 Å². The van der Waals surface area contributed by atoms with Crippen molar-refractivity contribution in [2.75, 3.05) is 58.9 Å². The lowest BCUT2D eigenvalue weighted by atomic mass is 9.68. The van der Waals surface area contributed by atoms with E-state index in [1.165, 1.54) is 21.6 Å². The van der Waals surface area contributed by atoms with Crippen molar-refractivity contribution in [3.63, 3.8) is 0 Å². The van der Waals surface area contributed by atoms with Crippen LogP contribution in [0.5, 0.6) is 0 Å². The minimum Gasteiger partial charge on any atom is -0.480 e. The van der Waals surface area contributed by atoms with Gasteiger partial charge in [-0.3, -0.25) is 44.7 Å². The molecule has 0 aromatic carbocycles. The van der Waals surface area contributed by atoms with E-state index < -0.39 is 102 Å². The fourth-order valence-corrected chi connectivity index (χ4v) is 12.3. The fraction of sp³-hybridized carbons (Fsp3) is 0.841. The second kappa shape index (κ2) is 25.5. The van der Waals surface area contributed by atoms with Gasteiger partial charge in [-0.25, -0.2) is 4.79 Å². The van der Waals surface area contributed by atoms with Crippen molar-refractivity contribution in [1.29, 1.82) is 0 Å². The van der Waals surface area contributed by atoms with Gasteiger partial charge in [0.1, 0.15) is 28.3 Å². The molecule has 6 aliphatic rings. The molecule has 0 aliphatic carbocycles. The molecule has 6 rings (SSSR count). The van der Waals surface area contributed by atoms with Crippen LogP contribution in [0.1, 0.15) is 99.3 Å². The number of aliphatic carboxylic acids is 3. The number of hydrogen-bond donors (Lipinski definition) is 15. The summed E-state index contributed by atoms with van der Waals surface area (Å²) in [6, 6.07) is -2.20. The van der Waals surface area contributed by atoms with Crippen molar-refractivity contribution >= 4 is 75.5 Å². The largest absolute Gasteiger partial charge is 0.480 e. The van der Waals surface area contributed by atoms with Crippen molar-refractivity contribution in [1.82, 2.24) is 36.0 Å². The van der Waals surface area contributed by atoms with Gasteiger partial charge >= 0.3 is 45.4 Å². The summed E-state index contributed by atoms with van der Waals surface area (Å²) in [6.07, 6.45) is 4.58. The van der Waals surface area contributed by atoms with Crippen LogP contribution in [0.4, 0.5) is 4.79 Å². The van der Waals surface area contributed by atoms with Gasteiger partial charge in [-0.2, -0.15) is 0 Å². The normalized spacial score (nSPS) is 29.7. The number of likely N-dealkylation sites (tertiary alicyclic amines) is 3. The van der Waals surface area contributed by atoms with Gasteiger partial charge in [0, 0.05) is 35.9 Å². The monoisotopic (exact) mass is 1080 g/mol. The number of ether oxygens (including phenoxy) is 1. The highest BCUT2D eigenvalue weighted by molar-refractivity contribution is 6.41. The minimum absolute atomic E-state index is 0. The highest BCUT2D eigenvalue weighted by Gasteiger charge is 2.68. The quantitative estimate of drug-likeness (QED) is 0.0563. The number of amides is 4. The predicted octanol–water partition coefficient (Wildman–Crippen LogP) is -3.32. The SMILES string of the molecule is C[C@H](N)C(=O)N1C[C@@]2(CCCB(O)O)CCN[C@@]2(C(=O)O)C1.C[C@H](N)C(=O)N1C[C@@]2(CCCB(O)O)CCN[C@@]2(C(=O)O)C1.C[C@H](NC(=O)OC(C)(C)C)C(=O)N1C[C@@]2(CCCB(O)O)CCN[C@@]2(C(=O)O)C1.Cl. The molecule has 74 heavy (non-hydrogen) atoms. The maximum atomic E-state index is 12.9. The standard InChI is InChI=1S/C18H32BN3O7.2C13H24BN3O5.ClH/c1-12(21-15(26)29-16(2,3)4)13(23)22-10-17(6-5-8-19(27)28)7-9-20-18(17,11-22)14(24)25;2*1-9(15)10(18)17-7-12(3-2-5-14(21)22)4-6-16-13(12,8-17)11(19)20;/h12,20,27-28H,5-11H2,1-4H3,(H,21,26)(H,24,25);2*9,16,21-22H,2-8,15H2,1H3,(H,19,20);1H/t12-,17+,18+;2*9-,12+,13+;/m000./s1. The average Bonchev–Trinajstić information content (AvgIpc) is 4.09. The Bertz CT molecular complexity index is 1930. The number of hydrogen-bond acceptors (Lipinski definition) is 19. The molecule has 9 atom stereocenters. The molecule has 0 bridgehead atoms. The molecule has 0 aromatic rings. The third kappa shape index (κ3) is 13.8. The van der Waals surface area contributed by atoms with Crippen LogP contribution in [-0.2, 0) is 33.5 Å². The van der Waals surface area contributed by atoms with Gasteiger partial charge in [-0.15, -0.1) is 12.4 Å². The second-order valence-electron chi connectivity index (χ2n) is 22.1. The Morgan fingerprint density at radius 1 is 0.554 bits per heavy atom. The first-order valence-corrected chi connectivity index (χ1v) is 25.2. The number of rotatable bonds is 19. The van der Waals surface area contributed by atoms with Crippen molar-refractivity contribution < 1.29 is 83.8 Å². The Morgan fingerprint density at radius 2 is 0.838 bits per heavy atom. The lowest BCUT2D eigenvalue weighted by Gasteiger charge is -2.35. The van der Waals surface area contributed by atoms with Gasteiger partial charge in [-0.05, 0) is 119 Å². The average molecular weight is 1080 g/mol. The molecule has 4 amide bonds. The number of carbonyl (C=O) groups excluding carboxylic acids is 4. The Morgan fingerprint density at radius 3 is 1.08 bits per heavy atom. The molecule has 0 radical (unpaired) electrons. The lowest BCUT2D eigenvalue weighted by molar-refractivity contribution is -0.148. The molecular formula is C44H81B3ClN9O17. The summed E-state index contributed by atoms with van der Waals surface area (Å²) >= 11 is 0. The molecular weight excluding hydrogens is 994 g/mol. The maximum Gasteiger partial charge on any atom is 0.451 e. The van der Waals surface area contributed by atoms with E-state index in [1.54, 1.807) is 34.6 Å². The van der Waals surface area contributed by atoms with E-state index in [4.69, 9.17) is 46.3 Å². The van der Waals surface area contributed by atoms with Crippen LogP contribution in [0.2, 0.25) is 19.0 Å². The first kappa shape index (κ1) is 64.4. The first-order chi connectivity index (χ1) is 33.8. The Hall–Kier alpha value is -3.87. The molecule has 6 aliphatic heterocycles. The molecule has 6 saturated heterocycles. The van der Waals surface area contributed by atoms with E-state index in [0.29, 0.717) is 90.5 Å². The number of carboxylic acids is 3. The highest BCUT2D eigenvalue weighted by atomic mass is 35.5. The zero-order valence-electron chi connectivity index (χ0n) is 43.5. The van der Waals surface area contributed by atoms with Crippen molar-refractivity contribution in [3.05, 3.63) is 0 Å². The van der Waals surface area contributed by atoms with E-state index in [1.807, 2.05) is 0 Å². The van der Waals surface area contributed by atoms with Crippen molar-refractivity contribution in [3.8, 4) is 0 Å². The number of fused-ring (bicyclic) bond motifs is 3. The van der Waals surface area contributed by atoms with Crippen LogP contribution in [0.25, 0.3) is 0 Å². The number of carbonyl (C=O) groups is 7. The van der Waals surface area contributed by atoms with Crippen molar-refractivity contribution in [2.24, 2.45) is 27.7 Å². The van der Waals surface area contributed by atoms with E-state index in [9.17, 15) is 48.9 Å². The second-order valence-corrected chi connectivity index (χ2v) is 22.1. The molecule has 6 heterocycles. The molecule has 0 unspecified atom stereocenters.